The fourth-order valence-electron chi connectivity index (χ4n) is 6.70. The Balaban J connectivity index is 0.00000420. The summed E-state index contributed by atoms with van der Waals surface area (Å²) in [6, 6.07) is 49.1. The van der Waals surface area contributed by atoms with Gasteiger partial charge in [-0.25, -0.2) is 4.98 Å². The molecule has 0 fully saturated rings. The molecule has 6 heteroatoms. The van der Waals surface area contributed by atoms with E-state index < -0.39 is 0 Å². The first-order valence-corrected chi connectivity index (χ1v) is 17.5. The van der Waals surface area contributed by atoms with Crippen LogP contribution < -0.4 is 14.5 Å². The smallest absolute Gasteiger partial charge is 0.135 e. The monoisotopic (exact) mass is 860 g/mol. The molecular weight excluding hydrogens is 820 g/mol. The zero-order chi connectivity index (χ0) is 35.3. The van der Waals surface area contributed by atoms with Crippen molar-refractivity contribution in [3.63, 3.8) is 0 Å². The van der Waals surface area contributed by atoms with E-state index in [0.29, 0.717) is 11.5 Å². The number of allylic oxidation sites excluding steroid dienone is 1. The fourth-order valence-corrected chi connectivity index (χ4v) is 6.70. The van der Waals surface area contributed by atoms with Crippen molar-refractivity contribution in [2.45, 2.75) is 47.0 Å². The largest absolute Gasteiger partial charge is 0.509 e. The van der Waals surface area contributed by atoms with E-state index in [9.17, 15) is 0 Å². The van der Waals surface area contributed by atoms with Crippen molar-refractivity contribution in [2.24, 2.45) is 5.41 Å². The molecule has 7 aromatic rings. The van der Waals surface area contributed by atoms with Gasteiger partial charge in [0.15, 0.2) is 0 Å². The molecule has 0 unspecified atom stereocenters. The normalized spacial score (nSPS) is 13.4. The Bertz CT molecular complexity index is 2400. The van der Waals surface area contributed by atoms with Gasteiger partial charge >= 0.3 is 0 Å². The summed E-state index contributed by atoms with van der Waals surface area (Å²) in [6.45, 7) is 15.5. The summed E-state index contributed by atoms with van der Waals surface area (Å²) in [6.07, 6.45) is 4.09. The topological polar surface area (TPSA) is 33.5 Å². The molecule has 0 spiro atoms. The van der Waals surface area contributed by atoms with E-state index in [1.807, 2.05) is 30.5 Å². The van der Waals surface area contributed by atoms with Gasteiger partial charge in [-0.2, -0.15) is 12.1 Å². The average molecular weight is 861 g/mol. The van der Waals surface area contributed by atoms with Crippen molar-refractivity contribution in [3.8, 4) is 28.4 Å². The third-order valence-corrected chi connectivity index (χ3v) is 9.43. The van der Waals surface area contributed by atoms with Crippen LogP contribution in [0, 0.1) is 24.2 Å². The molecule has 0 bridgehead atoms. The maximum atomic E-state index is 6.49. The molecule has 52 heavy (non-hydrogen) atoms. The van der Waals surface area contributed by atoms with Gasteiger partial charge in [0.05, 0.1) is 0 Å². The maximum absolute atomic E-state index is 6.49. The molecule has 2 aromatic heterocycles. The average Bonchev–Trinajstić information content (AvgIpc) is 3.73. The van der Waals surface area contributed by atoms with Crippen LogP contribution in [-0.2, 0) is 26.5 Å². The number of pyridine rings is 1. The number of fused-ring (bicyclic) bond motifs is 3. The minimum absolute atomic E-state index is 0. The van der Waals surface area contributed by atoms with Crippen LogP contribution in [0.15, 0.2) is 139 Å². The van der Waals surface area contributed by atoms with Crippen molar-refractivity contribution in [1.82, 2.24) is 9.55 Å². The molecule has 3 heterocycles. The predicted octanol–water partition coefficient (Wildman–Crippen LogP) is 11.9. The van der Waals surface area contributed by atoms with Crippen molar-refractivity contribution < 1.29 is 25.8 Å². The number of hydrogen-bond acceptors (Lipinski definition) is 4. The Kier molecular flexibility index (Phi) is 9.35. The molecule has 1 aliphatic rings. The molecule has 5 aromatic carbocycles. The molecule has 5 nitrogen and oxygen atoms in total. The fraction of sp³-hybridized carbons (Fsp3) is 0.174. The molecule has 0 saturated heterocycles. The number of benzene rings is 5. The SMILES string of the molecule is CC(C)(C)C1=CN(c2[c-]c(Oc3[c-]c4c(cc3)c3ccccc3n4-c3cc(C(C)(C)C)ccn3)ccc2)[CH-]N1c1ccc(-c2ccccc2)cc1.[Pt]. The van der Waals surface area contributed by atoms with E-state index in [-0.39, 0.29) is 31.9 Å². The quantitative estimate of drug-likeness (QED) is 0.156. The van der Waals surface area contributed by atoms with Gasteiger partial charge < -0.3 is 19.1 Å². The Morgan fingerprint density at radius 3 is 2.12 bits per heavy atom. The zero-order valence-corrected chi connectivity index (χ0v) is 32.6. The summed E-state index contributed by atoms with van der Waals surface area (Å²) in [5.74, 6) is 2.09. The number of ether oxygens (including phenoxy) is 1. The first-order valence-electron chi connectivity index (χ1n) is 17.5. The van der Waals surface area contributed by atoms with E-state index in [2.05, 4.69) is 178 Å². The molecule has 0 amide bonds. The van der Waals surface area contributed by atoms with Crippen molar-refractivity contribution >= 4 is 33.2 Å². The summed E-state index contributed by atoms with van der Waals surface area (Å²) in [4.78, 5) is 9.20. The van der Waals surface area contributed by atoms with E-state index in [1.54, 1.807) is 0 Å². The van der Waals surface area contributed by atoms with Crippen molar-refractivity contribution in [3.05, 3.63) is 164 Å². The Morgan fingerprint density at radius 2 is 1.37 bits per heavy atom. The van der Waals surface area contributed by atoms with Crippen molar-refractivity contribution in [2.75, 3.05) is 9.80 Å². The molecule has 264 valence electrons. The Morgan fingerprint density at radius 1 is 0.654 bits per heavy atom. The number of para-hydroxylation sites is 1. The second-order valence-corrected chi connectivity index (χ2v) is 15.2. The molecule has 0 saturated carbocycles. The zero-order valence-electron chi connectivity index (χ0n) is 30.3. The maximum Gasteiger partial charge on any atom is 0.135 e. The standard InChI is InChI=1S/C46H41N4O.Pt/c1-45(2,3)34-25-26-47-44(27-34)50-41-18-11-10-17-39(41)40-24-23-38(29-42(40)50)51-37-16-12-15-36(28-37)48-30-43(46(4,5)6)49(31-48)35-21-19-33(20-22-35)32-13-8-7-9-14-32;/h7-27,30-31H,1-6H3;/q-3;. The van der Waals surface area contributed by atoms with Gasteiger partial charge in [0, 0.05) is 61.1 Å². The van der Waals surface area contributed by atoms with E-state index in [1.165, 1.54) is 22.4 Å². The molecule has 1 aliphatic heterocycles. The van der Waals surface area contributed by atoms with Crippen LogP contribution >= 0.6 is 0 Å². The molecule has 0 radical (unpaired) electrons. The van der Waals surface area contributed by atoms with Gasteiger partial charge in [-0.15, -0.1) is 48.1 Å². The number of anilines is 2. The van der Waals surface area contributed by atoms with Crippen LogP contribution in [0.2, 0.25) is 0 Å². The van der Waals surface area contributed by atoms with Crippen LogP contribution in [0.1, 0.15) is 47.1 Å². The predicted molar refractivity (Wildman–Crippen MR) is 210 cm³/mol. The van der Waals surface area contributed by atoms with E-state index in [0.717, 1.165) is 39.0 Å². The summed E-state index contributed by atoms with van der Waals surface area (Å²) >= 11 is 0. The first-order chi connectivity index (χ1) is 24.5. The van der Waals surface area contributed by atoms with Gasteiger partial charge in [-0.1, -0.05) is 108 Å². The van der Waals surface area contributed by atoms with Gasteiger partial charge in [-0.3, -0.25) is 0 Å². The van der Waals surface area contributed by atoms with Crippen LogP contribution in [0.4, 0.5) is 11.4 Å². The van der Waals surface area contributed by atoms with Crippen LogP contribution in [0.5, 0.6) is 11.5 Å². The molecule has 0 aliphatic carbocycles. The van der Waals surface area contributed by atoms with Gasteiger partial charge in [0.25, 0.3) is 0 Å². The second kappa shape index (κ2) is 13.8. The van der Waals surface area contributed by atoms with Crippen LogP contribution in [0.25, 0.3) is 38.8 Å². The summed E-state index contributed by atoms with van der Waals surface area (Å²) < 4.78 is 8.68. The summed E-state index contributed by atoms with van der Waals surface area (Å²) in [7, 11) is 0. The second-order valence-electron chi connectivity index (χ2n) is 15.2. The molecule has 0 N–H and O–H groups in total. The number of rotatable bonds is 6. The summed E-state index contributed by atoms with van der Waals surface area (Å²) in [5, 5.41) is 2.25. The van der Waals surface area contributed by atoms with Gasteiger partial charge in [-0.05, 0) is 64.0 Å². The third-order valence-electron chi connectivity index (χ3n) is 9.43. The number of nitrogens with zero attached hydrogens (tertiary/aromatic N) is 4. The summed E-state index contributed by atoms with van der Waals surface area (Å²) in [5.41, 5.74) is 8.70. The molecule has 8 rings (SSSR count). The molecular formula is C46H41N4OPt-3. The minimum atomic E-state index is -0.0957. The van der Waals surface area contributed by atoms with Gasteiger partial charge in [0.2, 0.25) is 0 Å². The van der Waals surface area contributed by atoms with Crippen LogP contribution in [-0.4, -0.2) is 9.55 Å². The van der Waals surface area contributed by atoms with E-state index >= 15 is 0 Å². The van der Waals surface area contributed by atoms with Crippen LogP contribution in [0.3, 0.4) is 0 Å². The first kappa shape index (κ1) is 35.3. The minimum Gasteiger partial charge on any atom is -0.509 e. The molecule has 0 atom stereocenters. The van der Waals surface area contributed by atoms with Crippen molar-refractivity contribution in [1.29, 1.82) is 0 Å². The Hall–Kier alpha value is -5.12. The number of aromatic nitrogens is 2. The number of hydrogen-bond donors (Lipinski definition) is 0. The third kappa shape index (κ3) is 6.78. The van der Waals surface area contributed by atoms with Gasteiger partial charge in [0.1, 0.15) is 5.82 Å². The van der Waals surface area contributed by atoms with E-state index in [4.69, 9.17) is 9.72 Å². The Labute approximate surface area is 321 Å².